The zero-order valence-corrected chi connectivity index (χ0v) is 9.95. The van der Waals surface area contributed by atoms with Crippen LogP contribution in [0.4, 0.5) is 0 Å². The Balaban J connectivity index is 2.58. The van der Waals surface area contributed by atoms with Gasteiger partial charge in [0.05, 0.1) is 0 Å². The van der Waals surface area contributed by atoms with Crippen LogP contribution >= 0.6 is 11.8 Å². The second kappa shape index (κ2) is 4.11. The average Bonchev–Trinajstić information content (AvgIpc) is 2.02. The molecule has 0 aromatic rings. The van der Waals surface area contributed by atoms with Gasteiger partial charge in [0.15, 0.2) is 0 Å². The Morgan fingerprint density at radius 2 is 2.14 bits per heavy atom. The lowest BCUT2D eigenvalue weighted by Gasteiger charge is -2.33. The third-order valence-corrected chi connectivity index (χ3v) is 3.37. The van der Waals surface area contributed by atoms with Crippen LogP contribution in [0.15, 0.2) is 0 Å². The van der Waals surface area contributed by atoms with E-state index < -0.39 is 11.1 Å². The molecule has 1 atom stereocenters. The summed E-state index contributed by atoms with van der Waals surface area (Å²) in [5.74, 6) is 1.53. The van der Waals surface area contributed by atoms with E-state index in [4.69, 9.17) is 10.5 Å². The van der Waals surface area contributed by atoms with Crippen molar-refractivity contribution in [3.8, 4) is 0 Å². The van der Waals surface area contributed by atoms with E-state index in [1.165, 1.54) is 0 Å². The van der Waals surface area contributed by atoms with E-state index >= 15 is 0 Å². The molecule has 1 aliphatic heterocycles. The van der Waals surface area contributed by atoms with E-state index in [0.717, 1.165) is 18.6 Å². The van der Waals surface area contributed by atoms with E-state index in [1.807, 2.05) is 20.8 Å². The molecule has 0 aliphatic carbocycles. The van der Waals surface area contributed by atoms with Crippen LogP contribution in [0, 0.1) is 0 Å². The Morgan fingerprint density at radius 1 is 1.50 bits per heavy atom. The van der Waals surface area contributed by atoms with Crippen molar-refractivity contribution in [1.82, 2.24) is 0 Å². The van der Waals surface area contributed by atoms with Crippen LogP contribution in [-0.4, -0.2) is 28.6 Å². The third-order valence-electron chi connectivity index (χ3n) is 2.08. The standard InChI is InChI=1S/C10H19NO2S/c1-9(2,3)13-8(12)10(11)5-4-6-14-7-10/h4-7,11H2,1-3H3/t10-/m0/s1. The summed E-state index contributed by atoms with van der Waals surface area (Å²) >= 11 is 1.73. The normalized spacial score (nSPS) is 28.6. The number of nitrogens with two attached hydrogens (primary N) is 1. The van der Waals surface area contributed by atoms with Crippen LogP contribution < -0.4 is 5.73 Å². The second-order valence-corrected chi connectivity index (χ2v) is 5.92. The van der Waals surface area contributed by atoms with E-state index in [0.29, 0.717) is 5.75 Å². The van der Waals surface area contributed by atoms with Gasteiger partial charge in [0, 0.05) is 5.75 Å². The van der Waals surface area contributed by atoms with Crippen LogP contribution in [0.25, 0.3) is 0 Å². The van der Waals surface area contributed by atoms with E-state index in [2.05, 4.69) is 0 Å². The molecular formula is C10H19NO2S. The SMILES string of the molecule is CC(C)(C)OC(=O)[C@]1(N)CCCSC1. The van der Waals surface area contributed by atoms with Crippen molar-refractivity contribution < 1.29 is 9.53 Å². The fourth-order valence-corrected chi connectivity index (χ4v) is 2.48. The smallest absolute Gasteiger partial charge is 0.327 e. The first-order chi connectivity index (χ1) is 6.33. The highest BCUT2D eigenvalue weighted by atomic mass is 32.2. The van der Waals surface area contributed by atoms with E-state index in [9.17, 15) is 4.79 Å². The molecule has 14 heavy (non-hydrogen) atoms. The lowest BCUT2D eigenvalue weighted by Crippen LogP contribution is -2.54. The first-order valence-electron chi connectivity index (χ1n) is 4.94. The highest BCUT2D eigenvalue weighted by molar-refractivity contribution is 7.99. The molecular weight excluding hydrogens is 198 g/mol. The number of esters is 1. The quantitative estimate of drug-likeness (QED) is 0.677. The Bertz CT molecular complexity index is 217. The lowest BCUT2D eigenvalue weighted by atomic mass is 9.96. The van der Waals surface area contributed by atoms with E-state index in [1.54, 1.807) is 11.8 Å². The van der Waals surface area contributed by atoms with Gasteiger partial charge in [0.25, 0.3) is 0 Å². The molecule has 0 aromatic heterocycles. The molecule has 2 N–H and O–H groups in total. The molecule has 0 saturated carbocycles. The third kappa shape index (κ3) is 3.17. The molecule has 0 spiro atoms. The van der Waals surface area contributed by atoms with Gasteiger partial charge in [-0.25, -0.2) is 0 Å². The predicted octanol–water partition coefficient (Wildman–Crippen LogP) is 1.55. The molecule has 0 aromatic carbocycles. The largest absolute Gasteiger partial charge is 0.459 e. The van der Waals surface area contributed by atoms with Crippen molar-refractivity contribution in [2.45, 2.75) is 44.8 Å². The predicted molar refractivity (Wildman–Crippen MR) is 59.3 cm³/mol. The molecule has 1 fully saturated rings. The molecule has 4 heteroatoms. The average molecular weight is 217 g/mol. The monoisotopic (exact) mass is 217 g/mol. The van der Waals surface area contributed by atoms with Crippen LogP contribution in [0.2, 0.25) is 0 Å². The second-order valence-electron chi connectivity index (χ2n) is 4.81. The van der Waals surface area contributed by atoms with Crippen LogP contribution in [0.3, 0.4) is 0 Å². The fraction of sp³-hybridized carbons (Fsp3) is 0.900. The summed E-state index contributed by atoms with van der Waals surface area (Å²) in [5, 5.41) is 0. The zero-order chi connectivity index (χ0) is 10.8. The molecule has 3 nitrogen and oxygen atoms in total. The molecule has 0 bridgehead atoms. The summed E-state index contributed by atoms with van der Waals surface area (Å²) < 4.78 is 5.30. The van der Waals surface area contributed by atoms with Gasteiger partial charge in [-0.1, -0.05) is 0 Å². The number of thioether (sulfide) groups is 1. The van der Waals surface area contributed by atoms with Crippen LogP contribution in [0.5, 0.6) is 0 Å². The first kappa shape index (κ1) is 11.9. The molecule has 1 aliphatic rings. The van der Waals surface area contributed by atoms with Crippen molar-refractivity contribution in [3.05, 3.63) is 0 Å². The first-order valence-corrected chi connectivity index (χ1v) is 6.09. The number of hydrogen-bond acceptors (Lipinski definition) is 4. The Kier molecular flexibility index (Phi) is 3.48. The van der Waals surface area contributed by atoms with Crippen molar-refractivity contribution >= 4 is 17.7 Å². The topological polar surface area (TPSA) is 52.3 Å². The van der Waals surface area contributed by atoms with Gasteiger partial charge in [-0.15, -0.1) is 0 Å². The van der Waals surface area contributed by atoms with Gasteiger partial charge < -0.3 is 10.5 Å². The Morgan fingerprint density at radius 3 is 2.57 bits per heavy atom. The molecule has 0 amide bonds. The minimum atomic E-state index is -0.754. The van der Waals surface area contributed by atoms with Crippen LogP contribution in [-0.2, 0) is 9.53 Å². The lowest BCUT2D eigenvalue weighted by molar-refractivity contribution is -0.161. The van der Waals surface area contributed by atoms with Gasteiger partial charge in [-0.2, -0.15) is 11.8 Å². The Labute approximate surface area is 89.8 Å². The van der Waals surface area contributed by atoms with Gasteiger partial charge in [0.1, 0.15) is 11.1 Å². The van der Waals surface area contributed by atoms with E-state index in [-0.39, 0.29) is 5.97 Å². The summed E-state index contributed by atoms with van der Waals surface area (Å²) in [5.41, 5.74) is 4.82. The summed E-state index contributed by atoms with van der Waals surface area (Å²) in [4.78, 5) is 11.8. The van der Waals surface area contributed by atoms with Crippen molar-refractivity contribution in [1.29, 1.82) is 0 Å². The zero-order valence-electron chi connectivity index (χ0n) is 9.13. The Hall–Kier alpha value is -0.220. The number of carbonyl (C=O) groups is 1. The van der Waals surface area contributed by atoms with Gasteiger partial charge >= 0.3 is 5.97 Å². The number of hydrogen-bond donors (Lipinski definition) is 1. The number of carbonyl (C=O) groups excluding carboxylic acids is 1. The fourth-order valence-electron chi connectivity index (χ4n) is 1.36. The maximum atomic E-state index is 11.8. The maximum Gasteiger partial charge on any atom is 0.327 e. The number of rotatable bonds is 1. The highest BCUT2D eigenvalue weighted by Gasteiger charge is 2.39. The summed E-state index contributed by atoms with van der Waals surface area (Å²) in [6, 6.07) is 0. The molecule has 1 heterocycles. The van der Waals surface area contributed by atoms with Gasteiger partial charge in [-0.05, 0) is 39.4 Å². The number of ether oxygens (including phenoxy) is 1. The van der Waals surface area contributed by atoms with Crippen molar-refractivity contribution in [3.63, 3.8) is 0 Å². The molecule has 0 unspecified atom stereocenters. The summed E-state index contributed by atoms with van der Waals surface area (Å²) in [7, 11) is 0. The van der Waals surface area contributed by atoms with Gasteiger partial charge in [0.2, 0.25) is 0 Å². The minimum Gasteiger partial charge on any atom is -0.459 e. The molecule has 1 saturated heterocycles. The molecule has 82 valence electrons. The van der Waals surface area contributed by atoms with Crippen molar-refractivity contribution in [2.75, 3.05) is 11.5 Å². The molecule has 1 rings (SSSR count). The van der Waals surface area contributed by atoms with Crippen molar-refractivity contribution in [2.24, 2.45) is 5.73 Å². The summed E-state index contributed by atoms with van der Waals surface area (Å²) in [6.45, 7) is 5.60. The van der Waals surface area contributed by atoms with Crippen LogP contribution in [0.1, 0.15) is 33.6 Å². The minimum absolute atomic E-state index is 0.253. The highest BCUT2D eigenvalue weighted by Crippen LogP contribution is 2.27. The molecule has 0 radical (unpaired) electrons. The maximum absolute atomic E-state index is 11.8. The van der Waals surface area contributed by atoms with Gasteiger partial charge in [-0.3, -0.25) is 4.79 Å². The summed E-state index contributed by atoms with van der Waals surface area (Å²) in [6.07, 6.45) is 1.75.